The Hall–Kier alpha value is -4.53. The summed E-state index contributed by atoms with van der Waals surface area (Å²) in [5.74, 6) is 0.552. The van der Waals surface area contributed by atoms with Gasteiger partial charge in [0.05, 0.1) is 32.4 Å². The van der Waals surface area contributed by atoms with Crippen molar-refractivity contribution in [3.63, 3.8) is 0 Å². The standard InChI is InChI=1S/C19H21BrN2O4.C19H19BrN2O4/c2*1-25-15-10-16(20)22-17(19(24)21-13-8-5-9-14(13)23)18(15)26-11-12-6-3-2-4-7-12/h2-4,6-7,10,13-14,23H,5,8-9,11H2,1H3,(H,21,24);2-4,6-7,10,13H,5,8-9,11H2,1H3,(H,21,24)/t13?,14-;/m1./s1. The molecule has 0 bridgehead atoms. The van der Waals surface area contributed by atoms with Gasteiger partial charge in [-0.05, 0) is 75.1 Å². The number of amides is 2. The van der Waals surface area contributed by atoms with Gasteiger partial charge in [0.2, 0.25) is 0 Å². The number of aliphatic hydroxyl groups excluding tert-OH is 1. The maximum absolute atomic E-state index is 12.8. The highest BCUT2D eigenvalue weighted by atomic mass is 79.9. The highest BCUT2D eigenvalue weighted by Crippen LogP contribution is 2.35. The van der Waals surface area contributed by atoms with Crippen molar-refractivity contribution in [2.45, 2.75) is 69.9 Å². The second-order valence-electron chi connectivity index (χ2n) is 12.2. The van der Waals surface area contributed by atoms with Crippen LogP contribution in [0.5, 0.6) is 23.0 Å². The van der Waals surface area contributed by atoms with Gasteiger partial charge in [-0.15, -0.1) is 0 Å². The molecule has 2 amide bonds. The molecule has 12 nitrogen and oxygen atoms in total. The molecule has 6 rings (SSSR count). The summed E-state index contributed by atoms with van der Waals surface area (Å²) in [6.45, 7) is 0.552. The minimum Gasteiger partial charge on any atom is -0.493 e. The summed E-state index contributed by atoms with van der Waals surface area (Å²) in [5.41, 5.74) is 2.14. The summed E-state index contributed by atoms with van der Waals surface area (Å²) in [6.07, 6.45) is 3.74. The van der Waals surface area contributed by atoms with Crippen LogP contribution in [-0.2, 0) is 18.0 Å². The minimum atomic E-state index is -0.526. The smallest absolute Gasteiger partial charge is 0.274 e. The van der Waals surface area contributed by atoms with Crippen LogP contribution < -0.4 is 29.6 Å². The number of carbonyl (C=O) groups excluding carboxylic acids is 3. The number of nitrogens with zero attached hydrogens (tertiary/aromatic N) is 2. The van der Waals surface area contributed by atoms with Gasteiger partial charge in [0.1, 0.15) is 22.4 Å². The van der Waals surface area contributed by atoms with E-state index < -0.39 is 24.0 Å². The predicted octanol–water partition coefficient (Wildman–Crippen LogP) is 6.36. The summed E-state index contributed by atoms with van der Waals surface area (Å²) >= 11 is 6.58. The Morgan fingerprint density at radius 1 is 0.750 bits per heavy atom. The van der Waals surface area contributed by atoms with Crippen LogP contribution in [0.4, 0.5) is 0 Å². The number of pyridine rings is 2. The van der Waals surface area contributed by atoms with Crippen LogP contribution in [0.25, 0.3) is 0 Å². The fourth-order valence-electron chi connectivity index (χ4n) is 5.85. The Labute approximate surface area is 318 Å². The Bertz CT molecular complexity index is 1850. The SMILES string of the molecule is COc1cc(Br)nc(C(=O)NC2CCCC2=O)c1OCc1ccccc1.COc1cc(Br)nc(C(=O)NC2CCC[C@H]2O)c1OCc1ccccc1. The number of aromatic nitrogens is 2. The first-order valence-corrected chi connectivity index (χ1v) is 18.4. The van der Waals surface area contributed by atoms with Crippen molar-refractivity contribution in [1.82, 2.24) is 20.6 Å². The van der Waals surface area contributed by atoms with Crippen LogP contribution in [0.1, 0.15) is 70.6 Å². The van der Waals surface area contributed by atoms with E-state index in [0.29, 0.717) is 40.0 Å². The number of aliphatic hydroxyl groups is 1. The van der Waals surface area contributed by atoms with Gasteiger partial charge in [-0.1, -0.05) is 60.7 Å². The van der Waals surface area contributed by atoms with Crippen LogP contribution in [0.15, 0.2) is 82.0 Å². The Balaban J connectivity index is 0.000000201. The highest BCUT2D eigenvalue weighted by molar-refractivity contribution is 9.10. The number of hydrogen-bond donors (Lipinski definition) is 3. The monoisotopic (exact) mass is 838 g/mol. The number of methoxy groups -OCH3 is 2. The molecule has 2 unspecified atom stereocenters. The number of Topliss-reactive ketones (excluding diaryl/α,β-unsaturated/α-hetero) is 1. The van der Waals surface area contributed by atoms with Gasteiger partial charge in [0, 0.05) is 18.6 Å². The maximum Gasteiger partial charge on any atom is 0.274 e. The number of ether oxygens (including phenoxy) is 4. The fourth-order valence-corrected chi connectivity index (χ4v) is 6.62. The van der Waals surface area contributed by atoms with Crippen molar-refractivity contribution < 1.29 is 38.4 Å². The second kappa shape index (κ2) is 18.8. The lowest BCUT2D eigenvalue weighted by Gasteiger charge is -2.19. The Morgan fingerprint density at radius 3 is 1.67 bits per heavy atom. The third-order valence-corrected chi connectivity index (χ3v) is 9.36. The van der Waals surface area contributed by atoms with Crippen molar-refractivity contribution in [3.05, 3.63) is 105 Å². The van der Waals surface area contributed by atoms with Crippen molar-refractivity contribution in [2.75, 3.05) is 14.2 Å². The van der Waals surface area contributed by atoms with Crippen molar-refractivity contribution in [1.29, 1.82) is 0 Å². The number of ketones is 1. The third kappa shape index (κ3) is 10.3. The van der Waals surface area contributed by atoms with Crippen LogP contribution >= 0.6 is 31.9 Å². The Morgan fingerprint density at radius 2 is 1.25 bits per heavy atom. The van der Waals surface area contributed by atoms with Crippen LogP contribution in [-0.4, -0.2) is 65.1 Å². The number of hydrogen-bond acceptors (Lipinski definition) is 10. The van der Waals surface area contributed by atoms with E-state index in [1.165, 1.54) is 14.2 Å². The number of nitrogens with one attached hydrogen (secondary N) is 2. The summed E-state index contributed by atoms with van der Waals surface area (Å²) < 4.78 is 23.4. The maximum atomic E-state index is 12.8. The lowest BCUT2D eigenvalue weighted by molar-refractivity contribution is -0.118. The van der Waals surface area contributed by atoms with Crippen LogP contribution in [0.3, 0.4) is 0 Å². The van der Waals surface area contributed by atoms with Gasteiger partial charge in [0.25, 0.3) is 11.8 Å². The van der Waals surface area contributed by atoms with E-state index in [1.54, 1.807) is 12.1 Å². The number of rotatable bonds is 12. The molecule has 0 aliphatic heterocycles. The van der Waals surface area contributed by atoms with Gasteiger partial charge in [-0.3, -0.25) is 14.4 Å². The van der Waals surface area contributed by atoms with E-state index in [1.807, 2.05) is 60.7 Å². The molecule has 2 aromatic carbocycles. The van der Waals surface area contributed by atoms with Gasteiger partial charge in [0.15, 0.2) is 40.2 Å². The number of benzene rings is 2. The number of halogens is 2. The summed E-state index contributed by atoms with van der Waals surface area (Å²) in [6, 6.07) is 21.8. The molecule has 3 N–H and O–H groups in total. The molecule has 4 aromatic rings. The van der Waals surface area contributed by atoms with Gasteiger partial charge in [-0.25, -0.2) is 9.97 Å². The van der Waals surface area contributed by atoms with E-state index >= 15 is 0 Å². The fraction of sp³-hybridized carbons (Fsp3) is 0.342. The highest BCUT2D eigenvalue weighted by Gasteiger charge is 2.31. The Kier molecular flexibility index (Phi) is 14.0. The lowest BCUT2D eigenvalue weighted by atomic mass is 10.2. The molecule has 2 heterocycles. The largest absolute Gasteiger partial charge is 0.493 e. The third-order valence-electron chi connectivity index (χ3n) is 8.54. The zero-order chi connectivity index (χ0) is 37.0. The summed E-state index contributed by atoms with van der Waals surface area (Å²) in [5, 5.41) is 15.6. The first-order chi connectivity index (χ1) is 25.2. The predicted molar refractivity (Wildman–Crippen MR) is 200 cm³/mol. The second-order valence-corrected chi connectivity index (χ2v) is 13.8. The van der Waals surface area contributed by atoms with Crippen molar-refractivity contribution in [3.8, 4) is 23.0 Å². The first-order valence-electron chi connectivity index (χ1n) is 16.8. The molecular weight excluding hydrogens is 800 g/mol. The van der Waals surface area contributed by atoms with Gasteiger partial charge in [-0.2, -0.15) is 0 Å². The zero-order valence-electron chi connectivity index (χ0n) is 28.8. The molecule has 274 valence electrons. The average molecular weight is 841 g/mol. The molecule has 52 heavy (non-hydrogen) atoms. The molecule has 0 radical (unpaired) electrons. The van der Waals surface area contributed by atoms with E-state index in [9.17, 15) is 19.5 Å². The molecule has 2 saturated carbocycles. The molecule has 3 atom stereocenters. The van der Waals surface area contributed by atoms with Crippen molar-refractivity contribution in [2.24, 2.45) is 0 Å². The molecule has 2 fully saturated rings. The van der Waals surface area contributed by atoms with Crippen LogP contribution in [0, 0.1) is 0 Å². The van der Waals surface area contributed by atoms with Crippen LogP contribution in [0.2, 0.25) is 0 Å². The average Bonchev–Trinajstić information content (AvgIpc) is 3.76. The topological polar surface area (TPSA) is 158 Å². The van der Waals surface area contributed by atoms with Gasteiger partial charge < -0.3 is 34.7 Å². The molecule has 0 spiro atoms. The van der Waals surface area contributed by atoms with E-state index in [-0.39, 0.29) is 47.9 Å². The molecule has 2 aliphatic rings. The molecule has 2 aliphatic carbocycles. The number of carbonyl (C=O) groups is 3. The van der Waals surface area contributed by atoms with E-state index in [2.05, 4.69) is 52.5 Å². The van der Waals surface area contributed by atoms with Crippen molar-refractivity contribution >= 4 is 49.5 Å². The quantitative estimate of drug-likeness (QED) is 0.137. The molecule has 0 saturated heterocycles. The van der Waals surface area contributed by atoms with Gasteiger partial charge >= 0.3 is 0 Å². The van der Waals surface area contributed by atoms with E-state index in [4.69, 9.17) is 18.9 Å². The summed E-state index contributed by atoms with van der Waals surface area (Å²) in [7, 11) is 3.01. The zero-order valence-corrected chi connectivity index (χ0v) is 31.9. The van der Waals surface area contributed by atoms with E-state index in [0.717, 1.165) is 30.4 Å². The minimum absolute atomic E-state index is 0.0482. The normalized spacial score (nSPS) is 17.8. The molecular formula is C38H40Br2N4O8. The lowest BCUT2D eigenvalue weighted by Crippen LogP contribution is -2.40. The molecule has 14 heteroatoms. The first kappa shape index (κ1) is 38.7. The summed E-state index contributed by atoms with van der Waals surface area (Å²) in [4.78, 5) is 45.8. The molecule has 2 aromatic heterocycles.